The first kappa shape index (κ1) is 15.9. The number of pyridine rings is 2. The van der Waals surface area contributed by atoms with Gasteiger partial charge in [-0.1, -0.05) is 6.07 Å². The fourth-order valence-electron chi connectivity index (χ4n) is 4.46. The molecule has 0 unspecified atom stereocenters. The van der Waals surface area contributed by atoms with Crippen molar-refractivity contribution in [1.29, 1.82) is 0 Å². The van der Waals surface area contributed by atoms with Crippen LogP contribution in [0.4, 0.5) is 10.1 Å². The fraction of sp³-hybridized carbons (Fsp3) is 0.250. The molecule has 2 aromatic heterocycles. The number of likely N-dealkylation sites (N-methyl/N-ethyl adjacent to an activating group) is 1. The summed E-state index contributed by atoms with van der Waals surface area (Å²) in [5, 5.41) is 0.841. The highest BCUT2D eigenvalue weighted by molar-refractivity contribution is 9.10. The Morgan fingerprint density at radius 1 is 1.27 bits per heavy atom. The topological polar surface area (TPSA) is 46.1 Å². The zero-order chi connectivity index (χ0) is 18.1. The first-order valence-corrected chi connectivity index (χ1v) is 9.28. The minimum absolute atomic E-state index is 0.0921. The Kier molecular flexibility index (Phi) is 3.26. The molecule has 6 heteroatoms. The van der Waals surface area contributed by atoms with Gasteiger partial charge in [0.1, 0.15) is 5.82 Å². The van der Waals surface area contributed by atoms with Gasteiger partial charge in [0.2, 0.25) is 5.91 Å². The molecule has 1 aromatic carbocycles. The van der Waals surface area contributed by atoms with Gasteiger partial charge < -0.3 is 4.90 Å². The molecule has 0 saturated heterocycles. The van der Waals surface area contributed by atoms with Crippen LogP contribution in [-0.2, 0) is 10.2 Å². The molecule has 2 aliphatic rings. The molecule has 1 aliphatic heterocycles. The number of aromatic nitrogens is 2. The molecular weight excluding hydrogens is 397 g/mol. The van der Waals surface area contributed by atoms with Crippen molar-refractivity contribution in [2.75, 3.05) is 11.9 Å². The summed E-state index contributed by atoms with van der Waals surface area (Å²) in [6.45, 7) is 0. The van der Waals surface area contributed by atoms with Crippen LogP contribution in [0.5, 0.6) is 0 Å². The van der Waals surface area contributed by atoms with E-state index in [4.69, 9.17) is 0 Å². The molecule has 3 heterocycles. The standard InChI is InChI=1S/C20H15BrFN3O/c1-25-17-10-24-16-7-14(22)13(21)6-12(16)18(17)20(19(25)26)8-11(9-20)15-4-2-3-5-23-15/h2-7,10-11H,8-9H2,1H3. The van der Waals surface area contributed by atoms with Gasteiger partial charge in [-0.25, -0.2) is 4.39 Å². The second kappa shape index (κ2) is 5.33. The molecule has 26 heavy (non-hydrogen) atoms. The zero-order valence-electron chi connectivity index (χ0n) is 14.0. The molecular formula is C20H15BrFN3O. The van der Waals surface area contributed by atoms with Gasteiger partial charge in [0.15, 0.2) is 0 Å². The molecule has 0 radical (unpaired) electrons. The minimum Gasteiger partial charge on any atom is -0.313 e. The molecule has 1 aliphatic carbocycles. The third kappa shape index (κ3) is 1.96. The number of carbonyl (C=O) groups is 1. The van der Waals surface area contributed by atoms with Gasteiger partial charge in [0, 0.05) is 41.9 Å². The maximum Gasteiger partial charge on any atom is 0.237 e. The van der Waals surface area contributed by atoms with Gasteiger partial charge in [0.25, 0.3) is 0 Å². The first-order chi connectivity index (χ1) is 12.5. The zero-order valence-corrected chi connectivity index (χ0v) is 15.6. The van der Waals surface area contributed by atoms with Crippen LogP contribution in [0.3, 0.4) is 0 Å². The molecule has 1 spiro atoms. The van der Waals surface area contributed by atoms with E-state index >= 15 is 0 Å². The molecule has 4 nitrogen and oxygen atoms in total. The van der Waals surface area contributed by atoms with E-state index in [1.807, 2.05) is 18.2 Å². The SMILES string of the molecule is CN1C(=O)C2(CC(c3ccccn3)C2)c2c1cnc1cc(F)c(Br)cc21. The Balaban J connectivity index is 1.67. The summed E-state index contributed by atoms with van der Waals surface area (Å²) < 4.78 is 14.3. The van der Waals surface area contributed by atoms with Gasteiger partial charge in [0.05, 0.1) is 27.3 Å². The summed E-state index contributed by atoms with van der Waals surface area (Å²) in [6.07, 6.45) is 4.91. The smallest absolute Gasteiger partial charge is 0.237 e. The van der Waals surface area contributed by atoms with Crippen LogP contribution >= 0.6 is 15.9 Å². The van der Waals surface area contributed by atoms with E-state index in [9.17, 15) is 9.18 Å². The normalized spacial score (nSPS) is 24.2. The fourth-order valence-corrected chi connectivity index (χ4v) is 4.80. The van der Waals surface area contributed by atoms with Gasteiger partial charge >= 0.3 is 0 Å². The van der Waals surface area contributed by atoms with Crippen LogP contribution in [-0.4, -0.2) is 22.9 Å². The number of carbonyl (C=O) groups excluding carboxylic acids is 1. The van der Waals surface area contributed by atoms with Crippen LogP contribution in [0, 0.1) is 5.82 Å². The lowest BCUT2D eigenvalue weighted by Gasteiger charge is -2.44. The van der Waals surface area contributed by atoms with Crippen LogP contribution in [0.25, 0.3) is 10.9 Å². The Labute approximate surface area is 158 Å². The largest absolute Gasteiger partial charge is 0.313 e. The summed E-state index contributed by atoms with van der Waals surface area (Å²) in [5.74, 6) is -0.00215. The van der Waals surface area contributed by atoms with Crippen molar-refractivity contribution in [3.8, 4) is 0 Å². The van der Waals surface area contributed by atoms with Gasteiger partial charge in [-0.3, -0.25) is 14.8 Å². The average Bonchev–Trinajstić information content (AvgIpc) is 2.84. The van der Waals surface area contributed by atoms with Crippen molar-refractivity contribution >= 4 is 38.4 Å². The third-order valence-electron chi connectivity index (χ3n) is 5.74. The van der Waals surface area contributed by atoms with E-state index in [1.165, 1.54) is 6.07 Å². The number of amides is 1. The lowest BCUT2D eigenvalue weighted by Crippen LogP contribution is -2.48. The Morgan fingerprint density at radius 2 is 2.08 bits per heavy atom. The van der Waals surface area contributed by atoms with Crippen molar-refractivity contribution in [3.05, 3.63) is 64.3 Å². The Morgan fingerprint density at radius 3 is 2.81 bits per heavy atom. The highest BCUT2D eigenvalue weighted by atomic mass is 79.9. The molecule has 1 amide bonds. The highest BCUT2D eigenvalue weighted by Gasteiger charge is 2.59. The number of fused-ring (bicyclic) bond motifs is 4. The number of benzene rings is 1. The van der Waals surface area contributed by atoms with Crippen molar-refractivity contribution < 1.29 is 9.18 Å². The first-order valence-electron chi connectivity index (χ1n) is 8.48. The third-order valence-corrected chi connectivity index (χ3v) is 6.35. The van der Waals surface area contributed by atoms with E-state index in [-0.39, 0.29) is 17.6 Å². The van der Waals surface area contributed by atoms with Gasteiger partial charge in [-0.2, -0.15) is 0 Å². The maximum atomic E-state index is 14.0. The summed E-state index contributed by atoms with van der Waals surface area (Å²) in [6, 6.07) is 9.05. The van der Waals surface area contributed by atoms with Crippen molar-refractivity contribution in [1.82, 2.24) is 9.97 Å². The van der Waals surface area contributed by atoms with Crippen LogP contribution in [0.1, 0.15) is 30.0 Å². The van der Waals surface area contributed by atoms with E-state index in [1.54, 1.807) is 30.4 Å². The molecule has 3 aromatic rings. The summed E-state index contributed by atoms with van der Waals surface area (Å²) >= 11 is 3.27. The minimum atomic E-state index is -0.565. The molecule has 130 valence electrons. The van der Waals surface area contributed by atoms with Crippen LogP contribution in [0.2, 0.25) is 0 Å². The second-order valence-corrected chi connectivity index (χ2v) is 7.96. The monoisotopic (exact) mass is 411 g/mol. The van der Waals surface area contributed by atoms with Crippen LogP contribution < -0.4 is 4.90 Å². The number of anilines is 1. The predicted molar refractivity (Wildman–Crippen MR) is 101 cm³/mol. The van der Waals surface area contributed by atoms with Gasteiger partial charge in [-0.15, -0.1) is 0 Å². The van der Waals surface area contributed by atoms with Crippen LogP contribution in [0.15, 0.2) is 47.2 Å². The average molecular weight is 412 g/mol. The Bertz CT molecular complexity index is 1060. The summed E-state index contributed by atoms with van der Waals surface area (Å²) in [5.41, 5.74) is 2.83. The van der Waals surface area contributed by atoms with Crippen molar-refractivity contribution in [2.24, 2.45) is 0 Å². The highest BCUT2D eigenvalue weighted by Crippen LogP contribution is 2.60. The number of rotatable bonds is 1. The number of hydrogen-bond acceptors (Lipinski definition) is 3. The summed E-state index contributed by atoms with van der Waals surface area (Å²) in [7, 11) is 1.79. The molecule has 0 N–H and O–H groups in total. The van der Waals surface area contributed by atoms with Crippen molar-refractivity contribution in [2.45, 2.75) is 24.2 Å². The molecule has 0 atom stereocenters. The number of nitrogens with zero attached hydrogens (tertiary/aromatic N) is 3. The molecule has 5 rings (SSSR count). The Hall–Kier alpha value is -2.34. The molecule has 1 fully saturated rings. The number of hydrogen-bond donors (Lipinski definition) is 0. The second-order valence-electron chi connectivity index (χ2n) is 7.11. The van der Waals surface area contributed by atoms with E-state index in [0.717, 1.165) is 22.3 Å². The van der Waals surface area contributed by atoms with E-state index < -0.39 is 5.41 Å². The lowest BCUT2D eigenvalue weighted by atomic mass is 9.57. The summed E-state index contributed by atoms with van der Waals surface area (Å²) in [4.78, 5) is 23.6. The predicted octanol–water partition coefficient (Wildman–Crippen LogP) is 4.32. The van der Waals surface area contributed by atoms with E-state index in [2.05, 4.69) is 25.9 Å². The lowest BCUT2D eigenvalue weighted by molar-refractivity contribution is -0.126. The molecule has 0 bridgehead atoms. The maximum absolute atomic E-state index is 14.0. The number of halogens is 2. The van der Waals surface area contributed by atoms with Crippen molar-refractivity contribution in [3.63, 3.8) is 0 Å². The quantitative estimate of drug-likeness (QED) is 0.598. The van der Waals surface area contributed by atoms with E-state index in [0.29, 0.717) is 22.8 Å². The van der Waals surface area contributed by atoms with Gasteiger partial charge in [-0.05, 0) is 47.0 Å². The molecule has 1 saturated carbocycles.